The van der Waals surface area contributed by atoms with Gasteiger partial charge in [-0.25, -0.2) is 4.39 Å². The van der Waals surface area contributed by atoms with Crippen LogP contribution in [-0.2, 0) is 0 Å². The van der Waals surface area contributed by atoms with E-state index >= 15 is 0 Å². The molecule has 1 atom stereocenters. The largest absolute Gasteiger partial charge is 0.370 e. The van der Waals surface area contributed by atoms with Crippen molar-refractivity contribution in [3.05, 3.63) is 30.1 Å². The molecule has 0 saturated heterocycles. The highest BCUT2D eigenvalue weighted by molar-refractivity contribution is 5.97. The van der Waals surface area contributed by atoms with E-state index in [0.717, 1.165) is 5.69 Å². The molecule has 0 amide bonds. The number of nitrogens with zero attached hydrogens (tertiary/aromatic N) is 2. The van der Waals surface area contributed by atoms with Gasteiger partial charge in [-0.1, -0.05) is 6.07 Å². The molecule has 0 fully saturated rings. The Balaban J connectivity index is 2.35. The number of rotatable bonds is 1. The van der Waals surface area contributed by atoms with Crippen LogP contribution in [-0.4, -0.2) is 18.5 Å². The zero-order chi connectivity index (χ0) is 10.1. The second kappa shape index (κ2) is 3.29. The second-order valence-corrected chi connectivity index (χ2v) is 3.40. The lowest BCUT2D eigenvalue weighted by Crippen LogP contribution is -2.39. The van der Waals surface area contributed by atoms with Crippen LogP contribution in [0.3, 0.4) is 0 Å². The van der Waals surface area contributed by atoms with Crippen molar-refractivity contribution in [2.24, 2.45) is 10.7 Å². The zero-order valence-electron chi connectivity index (χ0n) is 7.94. The van der Waals surface area contributed by atoms with E-state index in [1.807, 2.05) is 17.9 Å². The Labute approximate surface area is 82.0 Å². The summed E-state index contributed by atoms with van der Waals surface area (Å²) < 4.78 is 13.0. The molecule has 0 aromatic heterocycles. The third kappa shape index (κ3) is 1.43. The van der Waals surface area contributed by atoms with Crippen molar-refractivity contribution in [1.29, 1.82) is 0 Å². The summed E-state index contributed by atoms with van der Waals surface area (Å²) in [5.41, 5.74) is 6.47. The van der Waals surface area contributed by atoms with Gasteiger partial charge in [0.2, 0.25) is 0 Å². The molecule has 74 valence electrons. The number of hydrogen-bond acceptors (Lipinski definition) is 3. The fraction of sp³-hybridized carbons (Fsp3) is 0.300. The number of benzene rings is 1. The van der Waals surface area contributed by atoms with Gasteiger partial charge in [-0.3, -0.25) is 4.99 Å². The number of aliphatic imine (C=N–C) groups is 1. The minimum Gasteiger partial charge on any atom is -0.370 e. The molecule has 1 aliphatic heterocycles. The van der Waals surface area contributed by atoms with Gasteiger partial charge in [0.05, 0.1) is 12.6 Å². The van der Waals surface area contributed by atoms with Crippen LogP contribution in [0.25, 0.3) is 0 Å². The molecule has 14 heavy (non-hydrogen) atoms. The fourth-order valence-corrected chi connectivity index (χ4v) is 1.62. The summed E-state index contributed by atoms with van der Waals surface area (Å²) in [6, 6.07) is 6.58. The number of halogens is 1. The normalized spacial score (nSPS) is 21.1. The predicted octanol–water partition coefficient (Wildman–Crippen LogP) is 1.35. The lowest BCUT2D eigenvalue weighted by molar-refractivity contribution is 0.627. The number of guanidine groups is 1. The molecule has 1 aromatic rings. The van der Waals surface area contributed by atoms with Gasteiger partial charge in [0.15, 0.2) is 5.96 Å². The standard InChI is InChI=1S/C10H12FN3/c1-7-6-13-10(12)14(7)9-4-2-3-8(11)5-9/h2-5,7H,6H2,1H3,(H2,12,13). The topological polar surface area (TPSA) is 41.6 Å². The van der Waals surface area contributed by atoms with Crippen molar-refractivity contribution in [3.8, 4) is 0 Å². The summed E-state index contributed by atoms with van der Waals surface area (Å²) in [5.74, 6) is 0.206. The molecule has 1 unspecified atom stereocenters. The van der Waals surface area contributed by atoms with Gasteiger partial charge in [0.1, 0.15) is 5.82 Å². The summed E-state index contributed by atoms with van der Waals surface area (Å²) in [7, 11) is 0. The van der Waals surface area contributed by atoms with Crippen molar-refractivity contribution in [2.45, 2.75) is 13.0 Å². The number of anilines is 1. The molecule has 0 aliphatic carbocycles. The maximum atomic E-state index is 13.0. The molecule has 1 aromatic carbocycles. The molecule has 1 aliphatic rings. The van der Waals surface area contributed by atoms with E-state index in [4.69, 9.17) is 5.73 Å². The Hall–Kier alpha value is -1.58. The van der Waals surface area contributed by atoms with Gasteiger partial charge >= 0.3 is 0 Å². The first-order chi connectivity index (χ1) is 6.68. The number of nitrogens with two attached hydrogens (primary N) is 1. The smallest absolute Gasteiger partial charge is 0.196 e. The van der Waals surface area contributed by atoms with Crippen LogP contribution in [0.5, 0.6) is 0 Å². The Kier molecular flexibility index (Phi) is 2.11. The quantitative estimate of drug-likeness (QED) is 0.731. The molecule has 2 rings (SSSR count). The molecule has 1 heterocycles. The first-order valence-electron chi connectivity index (χ1n) is 4.53. The molecule has 0 bridgehead atoms. The molecule has 4 heteroatoms. The van der Waals surface area contributed by atoms with E-state index in [9.17, 15) is 4.39 Å². The highest BCUT2D eigenvalue weighted by Crippen LogP contribution is 2.20. The van der Waals surface area contributed by atoms with E-state index in [0.29, 0.717) is 12.5 Å². The average molecular weight is 193 g/mol. The van der Waals surface area contributed by atoms with Crippen LogP contribution in [0.4, 0.5) is 10.1 Å². The molecular formula is C10H12FN3. The van der Waals surface area contributed by atoms with Gasteiger partial charge in [-0.05, 0) is 25.1 Å². The van der Waals surface area contributed by atoms with Crippen LogP contribution in [0.1, 0.15) is 6.92 Å². The highest BCUT2D eigenvalue weighted by atomic mass is 19.1. The lowest BCUT2D eigenvalue weighted by atomic mass is 10.2. The lowest BCUT2D eigenvalue weighted by Gasteiger charge is -2.23. The predicted molar refractivity (Wildman–Crippen MR) is 54.8 cm³/mol. The third-order valence-corrected chi connectivity index (χ3v) is 2.29. The summed E-state index contributed by atoms with van der Waals surface area (Å²) in [5, 5.41) is 0. The second-order valence-electron chi connectivity index (χ2n) is 3.40. The third-order valence-electron chi connectivity index (χ3n) is 2.29. The highest BCUT2D eigenvalue weighted by Gasteiger charge is 2.23. The Morgan fingerprint density at radius 2 is 2.36 bits per heavy atom. The van der Waals surface area contributed by atoms with Gasteiger partial charge in [0.25, 0.3) is 0 Å². The van der Waals surface area contributed by atoms with E-state index < -0.39 is 0 Å². The van der Waals surface area contributed by atoms with E-state index in [2.05, 4.69) is 4.99 Å². The molecule has 0 radical (unpaired) electrons. The van der Waals surface area contributed by atoms with Gasteiger partial charge < -0.3 is 10.6 Å². The minimum atomic E-state index is -0.255. The Morgan fingerprint density at radius 1 is 1.57 bits per heavy atom. The Bertz CT molecular complexity index is 375. The maximum absolute atomic E-state index is 13.0. The molecule has 3 nitrogen and oxygen atoms in total. The van der Waals surface area contributed by atoms with Crippen LogP contribution >= 0.6 is 0 Å². The van der Waals surface area contributed by atoms with Crippen LogP contribution in [0.2, 0.25) is 0 Å². The van der Waals surface area contributed by atoms with E-state index in [1.165, 1.54) is 12.1 Å². The molecule has 0 spiro atoms. The SMILES string of the molecule is CC1CN=C(N)N1c1cccc(F)c1. The van der Waals surface area contributed by atoms with Gasteiger partial charge in [-0.15, -0.1) is 0 Å². The summed E-state index contributed by atoms with van der Waals surface area (Å²) >= 11 is 0. The van der Waals surface area contributed by atoms with Gasteiger partial charge in [0, 0.05) is 5.69 Å². The summed E-state index contributed by atoms with van der Waals surface area (Å²) in [6.45, 7) is 2.68. The number of hydrogen-bond donors (Lipinski definition) is 1. The zero-order valence-corrected chi connectivity index (χ0v) is 7.94. The van der Waals surface area contributed by atoms with Crippen molar-refractivity contribution in [2.75, 3.05) is 11.4 Å². The first kappa shape index (κ1) is 8.99. The fourth-order valence-electron chi connectivity index (χ4n) is 1.62. The van der Waals surface area contributed by atoms with Crippen LogP contribution in [0, 0.1) is 5.82 Å². The minimum absolute atomic E-state index is 0.205. The van der Waals surface area contributed by atoms with Crippen LogP contribution in [0.15, 0.2) is 29.3 Å². The first-order valence-corrected chi connectivity index (χ1v) is 4.53. The molecule has 0 saturated carbocycles. The van der Waals surface area contributed by atoms with Gasteiger partial charge in [-0.2, -0.15) is 0 Å². The summed E-state index contributed by atoms with van der Waals surface area (Å²) in [6.07, 6.45) is 0. The van der Waals surface area contributed by atoms with Crippen molar-refractivity contribution < 1.29 is 4.39 Å². The molecular weight excluding hydrogens is 181 g/mol. The van der Waals surface area contributed by atoms with Crippen LogP contribution < -0.4 is 10.6 Å². The van der Waals surface area contributed by atoms with Crippen molar-refractivity contribution >= 4 is 11.6 Å². The maximum Gasteiger partial charge on any atom is 0.196 e. The van der Waals surface area contributed by atoms with E-state index in [1.54, 1.807) is 6.07 Å². The van der Waals surface area contributed by atoms with Crippen molar-refractivity contribution in [1.82, 2.24) is 0 Å². The average Bonchev–Trinajstić information content (AvgIpc) is 2.46. The summed E-state index contributed by atoms with van der Waals surface area (Å²) in [4.78, 5) is 5.94. The molecule has 2 N–H and O–H groups in total. The Morgan fingerprint density at radius 3 is 2.93 bits per heavy atom. The van der Waals surface area contributed by atoms with E-state index in [-0.39, 0.29) is 11.9 Å². The van der Waals surface area contributed by atoms with Crippen molar-refractivity contribution in [3.63, 3.8) is 0 Å². The monoisotopic (exact) mass is 193 g/mol.